The quantitative estimate of drug-likeness (QED) is 0.440. The summed E-state index contributed by atoms with van der Waals surface area (Å²) in [5.74, 6) is 1.29. The molecule has 1 amide bonds. The van der Waals surface area contributed by atoms with E-state index in [1.54, 1.807) is 36.5 Å². The lowest BCUT2D eigenvalue weighted by molar-refractivity contribution is -0.116. The molecule has 0 radical (unpaired) electrons. The lowest BCUT2D eigenvalue weighted by Crippen LogP contribution is -2.35. The van der Waals surface area contributed by atoms with Gasteiger partial charge in [-0.15, -0.1) is 0 Å². The van der Waals surface area contributed by atoms with Crippen LogP contribution in [-0.2, 0) is 16.2 Å². The first kappa shape index (κ1) is 23.9. The molecule has 184 valence electrons. The van der Waals surface area contributed by atoms with E-state index in [1.807, 2.05) is 32.0 Å². The number of ether oxygens (including phenoxy) is 1. The number of amides is 1. The van der Waals surface area contributed by atoms with Gasteiger partial charge in [-0.25, -0.2) is 4.98 Å². The summed E-state index contributed by atoms with van der Waals surface area (Å²) in [6, 6.07) is 14.4. The number of carbonyl (C=O) groups excluding carboxylic acids is 2. The van der Waals surface area contributed by atoms with Crippen molar-refractivity contribution in [1.82, 2.24) is 10.3 Å². The van der Waals surface area contributed by atoms with Gasteiger partial charge in [0.15, 0.2) is 5.78 Å². The number of nitrogens with one attached hydrogen (secondary N) is 2. The number of hydrogen-bond donors (Lipinski definition) is 2. The number of anilines is 1. The molecule has 8 heteroatoms. The van der Waals surface area contributed by atoms with Crippen LogP contribution in [0.25, 0.3) is 0 Å². The van der Waals surface area contributed by atoms with Crippen molar-refractivity contribution in [3.8, 4) is 5.75 Å². The minimum atomic E-state index is -0.621. The molecule has 2 aromatic heterocycles. The molecular weight excluding hydrogens is 478 g/mol. The van der Waals surface area contributed by atoms with Crippen LogP contribution in [0.5, 0.6) is 5.75 Å². The van der Waals surface area contributed by atoms with E-state index in [-0.39, 0.29) is 18.3 Å². The second-order valence-corrected chi connectivity index (χ2v) is 9.35. The first-order chi connectivity index (χ1) is 17.4. The molecule has 36 heavy (non-hydrogen) atoms. The van der Waals surface area contributed by atoms with Crippen molar-refractivity contribution in [3.63, 3.8) is 0 Å². The Kier molecular flexibility index (Phi) is 6.65. The second-order valence-electron chi connectivity index (χ2n) is 8.94. The van der Waals surface area contributed by atoms with Gasteiger partial charge in [0.25, 0.3) is 5.91 Å². The zero-order valence-electron chi connectivity index (χ0n) is 20.1. The topological polar surface area (TPSA) is 93.5 Å². The Morgan fingerprint density at radius 3 is 2.83 bits per heavy atom. The van der Waals surface area contributed by atoms with Crippen LogP contribution in [0.2, 0.25) is 5.02 Å². The Morgan fingerprint density at radius 2 is 2.06 bits per heavy atom. The first-order valence-electron chi connectivity index (χ1n) is 11.8. The maximum absolute atomic E-state index is 13.5. The normalized spacial score (nSPS) is 17.5. The molecule has 0 unspecified atom stereocenters. The van der Waals surface area contributed by atoms with Gasteiger partial charge in [0.1, 0.15) is 29.7 Å². The summed E-state index contributed by atoms with van der Waals surface area (Å²) in [6.07, 6.45) is 3.58. The maximum Gasteiger partial charge on any atom is 0.255 e. The third kappa shape index (κ3) is 4.79. The van der Waals surface area contributed by atoms with E-state index in [0.29, 0.717) is 51.4 Å². The summed E-state index contributed by atoms with van der Waals surface area (Å²) < 4.78 is 12.1. The SMILES string of the molecule is CC1=C(C(=O)Nc2ccccn2)[C@H](c2ccc(COc3ccc(Cl)c(C)c3)o2)C2=C(CCCC2=O)N1. The van der Waals surface area contributed by atoms with E-state index in [2.05, 4.69) is 15.6 Å². The molecule has 2 N–H and O–H groups in total. The Balaban J connectivity index is 1.45. The van der Waals surface area contributed by atoms with Crippen LogP contribution in [0.3, 0.4) is 0 Å². The minimum absolute atomic E-state index is 0.0234. The molecule has 0 saturated heterocycles. The fourth-order valence-corrected chi connectivity index (χ4v) is 4.80. The number of hydrogen-bond acceptors (Lipinski definition) is 6. The first-order valence-corrected chi connectivity index (χ1v) is 12.2. The number of benzene rings is 1. The smallest absolute Gasteiger partial charge is 0.255 e. The largest absolute Gasteiger partial charge is 0.486 e. The minimum Gasteiger partial charge on any atom is -0.486 e. The van der Waals surface area contributed by atoms with Crippen molar-refractivity contribution in [1.29, 1.82) is 0 Å². The summed E-state index contributed by atoms with van der Waals surface area (Å²) in [7, 11) is 0. The molecule has 3 heterocycles. The molecule has 0 spiro atoms. The van der Waals surface area contributed by atoms with Gasteiger partial charge in [0.2, 0.25) is 0 Å². The summed E-state index contributed by atoms with van der Waals surface area (Å²) in [5.41, 5.74) is 3.49. The molecule has 7 nitrogen and oxygen atoms in total. The van der Waals surface area contributed by atoms with E-state index in [1.165, 1.54) is 0 Å². The number of aromatic nitrogens is 1. The number of pyridine rings is 1. The van der Waals surface area contributed by atoms with Crippen LogP contribution in [-0.4, -0.2) is 16.7 Å². The van der Waals surface area contributed by atoms with E-state index >= 15 is 0 Å². The lowest BCUT2D eigenvalue weighted by atomic mass is 9.77. The highest BCUT2D eigenvalue weighted by atomic mass is 35.5. The molecule has 0 bridgehead atoms. The average Bonchev–Trinajstić information content (AvgIpc) is 3.33. The predicted octanol–water partition coefficient (Wildman–Crippen LogP) is 5.82. The monoisotopic (exact) mass is 503 g/mol. The molecule has 5 rings (SSSR count). The van der Waals surface area contributed by atoms with Crippen LogP contribution in [0.1, 0.15) is 49.2 Å². The summed E-state index contributed by atoms with van der Waals surface area (Å²) in [4.78, 5) is 30.7. The lowest BCUT2D eigenvalue weighted by Gasteiger charge is -2.33. The van der Waals surface area contributed by atoms with E-state index < -0.39 is 5.92 Å². The van der Waals surface area contributed by atoms with Crippen molar-refractivity contribution >= 4 is 29.1 Å². The molecule has 1 atom stereocenters. The van der Waals surface area contributed by atoms with Crippen LogP contribution >= 0.6 is 11.6 Å². The third-order valence-electron chi connectivity index (χ3n) is 6.40. The number of nitrogens with zero attached hydrogens (tertiary/aromatic N) is 1. The van der Waals surface area contributed by atoms with Gasteiger partial charge in [-0.2, -0.15) is 0 Å². The Hall–Kier alpha value is -3.84. The van der Waals surface area contributed by atoms with Gasteiger partial charge in [-0.05, 0) is 74.7 Å². The molecular formula is C28H26ClN3O4. The van der Waals surface area contributed by atoms with Crippen molar-refractivity contribution in [2.24, 2.45) is 0 Å². The standard InChI is InChI=1S/C28H26ClN3O4/c1-16-14-18(9-11-20(16)29)35-15-19-10-12-23(36-19)27-25(28(34)32-24-8-3-4-13-30-24)17(2)31-21-6-5-7-22(33)26(21)27/h3-4,8-14,27,31H,5-7,15H2,1-2H3,(H,30,32,34)/t27-/m0/s1. The zero-order chi connectivity index (χ0) is 25.2. The number of Topliss-reactive ketones (excluding diaryl/α,β-unsaturated/α-hetero) is 1. The van der Waals surface area contributed by atoms with Gasteiger partial charge < -0.3 is 19.8 Å². The van der Waals surface area contributed by atoms with Gasteiger partial charge in [0.05, 0.1) is 11.5 Å². The Bertz CT molecular complexity index is 1390. The molecule has 2 aliphatic rings. The predicted molar refractivity (Wildman–Crippen MR) is 137 cm³/mol. The van der Waals surface area contributed by atoms with Crippen LogP contribution < -0.4 is 15.4 Å². The third-order valence-corrected chi connectivity index (χ3v) is 6.83. The zero-order valence-corrected chi connectivity index (χ0v) is 20.8. The second kappa shape index (κ2) is 10.0. The van der Waals surface area contributed by atoms with Crippen molar-refractivity contribution in [2.75, 3.05) is 5.32 Å². The number of ketones is 1. The van der Waals surface area contributed by atoms with Crippen molar-refractivity contribution < 1.29 is 18.7 Å². The summed E-state index contributed by atoms with van der Waals surface area (Å²) in [6.45, 7) is 3.96. The Labute approximate surface area is 214 Å². The highest BCUT2D eigenvalue weighted by Gasteiger charge is 2.40. The summed E-state index contributed by atoms with van der Waals surface area (Å²) >= 11 is 6.10. The number of carbonyl (C=O) groups is 2. The highest BCUT2D eigenvalue weighted by molar-refractivity contribution is 6.31. The van der Waals surface area contributed by atoms with E-state index in [0.717, 1.165) is 24.1 Å². The summed E-state index contributed by atoms with van der Waals surface area (Å²) in [5, 5.41) is 6.84. The molecule has 1 aliphatic heterocycles. The molecule has 0 saturated carbocycles. The van der Waals surface area contributed by atoms with Gasteiger partial charge >= 0.3 is 0 Å². The van der Waals surface area contributed by atoms with Gasteiger partial charge in [-0.3, -0.25) is 9.59 Å². The number of furan rings is 1. The van der Waals surface area contributed by atoms with Crippen LogP contribution in [0.4, 0.5) is 5.82 Å². The van der Waals surface area contributed by atoms with E-state index in [4.69, 9.17) is 20.8 Å². The maximum atomic E-state index is 13.5. The number of dihydropyridines is 1. The van der Waals surface area contributed by atoms with Crippen molar-refractivity contribution in [3.05, 3.63) is 99.4 Å². The van der Waals surface area contributed by atoms with E-state index in [9.17, 15) is 9.59 Å². The Morgan fingerprint density at radius 1 is 1.19 bits per heavy atom. The number of aryl methyl sites for hydroxylation is 1. The van der Waals surface area contributed by atoms with Crippen molar-refractivity contribution in [2.45, 2.75) is 45.6 Å². The van der Waals surface area contributed by atoms with Gasteiger partial charge in [-0.1, -0.05) is 17.7 Å². The van der Waals surface area contributed by atoms with Crippen LogP contribution in [0, 0.1) is 6.92 Å². The fraction of sp³-hybridized carbons (Fsp3) is 0.250. The molecule has 3 aromatic rings. The average molecular weight is 504 g/mol. The molecule has 1 aromatic carbocycles. The molecule has 0 fully saturated rings. The fourth-order valence-electron chi connectivity index (χ4n) is 4.68. The number of rotatable bonds is 6. The number of halogens is 1. The molecule has 1 aliphatic carbocycles. The van der Waals surface area contributed by atoms with Crippen LogP contribution in [0.15, 0.2) is 81.7 Å². The van der Waals surface area contributed by atoms with Gasteiger partial charge in [0, 0.05) is 34.6 Å². The highest BCUT2D eigenvalue weighted by Crippen LogP contribution is 2.43. The number of allylic oxidation sites excluding steroid dienone is 3.